The minimum absolute atomic E-state index is 0. The van der Waals surface area contributed by atoms with Gasteiger partial charge < -0.3 is 24.6 Å². The summed E-state index contributed by atoms with van der Waals surface area (Å²) in [5, 5.41) is 12.0. The summed E-state index contributed by atoms with van der Waals surface area (Å²) in [5.74, 6) is 1.48. The van der Waals surface area contributed by atoms with Crippen LogP contribution in [0.1, 0.15) is 11.1 Å². The average molecular weight is 368 g/mol. The molecule has 2 aromatic rings. The Labute approximate surface area is 155 Å². The van der Waals surface area contributed by atoms with Gasteiger partial charge in [-0.25, -0.2) is 0 Å². The van der Waals surface area contributed by atoms with E-state index in [-0.39, 0.29) is 19.0 Å². The molecule has 0 aliphatic heterocycles. The number of methoxy groups -OCH3 is 1. The number of ether oxygens (including phenoxy) is 3. The number of benzene rings is 2. The molecule has 0 saturated carbocycles. The Morgan fingerprint density at radius 3 is 2.52 bits per heavy atom. The van der Waals surface area contributed by atoms with Crippen LogP contribution in [0.25, 0.3) is 0 Å². The lowest BCUT2D eigenvalue weighted by Crippen LogP contribution is -2.20. The molecular formula is C19H26ClNO4. The zero-order valence-corrected chi connectivity index (χ0v) is 15.3. The lowest BCUT2D eigenvalue weighted by atomic mass is 10.1. The maximum Gasteiger partial charge on any atom is 0.166 e. The predicted molar refractivity (Wildman–Crippen MR) is 101 cm³/mol. The van der Waals surface area contributed by atoms with Crippen LogP contribution in [0, 0.1) is 0 Å². The monoisotopic (exact) mass is 367 g/mol. The zero-order valence-electron chi connectivity index (χ0n) is 14.4. The molecule has 25 heavy (non-hydrogen) atoms. The first-order valence-electron chi connectivity index (χ1n) is 8.07. The molecule has 6 heteroatoms. The van der Waals surface area contributed by atoms with Crippen LogP contribution in [0.4, 0.5) is 0 Å². The van der Waals surface area contributed by atoms with Crippen molar-refractivity contribution in [3.05, 3.63) is 59.7 Å². The Morgan fingerprint density at radius 2 is 1.80 bits per heavy atom. The highest BCUT2D eigenvalue weighted by Crippen LogP contribution is 2.31. The van der Waals surface area contributed by atoms with Crippen LogP contribution < -0.4 is 14.8 Å². The molecule has 0 aliphatic carbocycles. The normalized spacial score (nSPS) is 10.2. The van der Waals surface area contributed by atoms with Crippen molar-refractivity contribution in [1.29, 1.82) is 0 Å². The molecule has 0 fully saturated rings. The van der Waals surface area contributed by atoms with Gasteiger partial charge in [0.1, 0.15) is 6.61 Å². The molecule has 2 N–H and O–H groups in total. The third-order valence-corrected chi connectivity index (χ3v) is 3.48. The number of aliphatic hydroxyl groups is 1. The molecule has 2 rings (SSSR count). The molecule has 0 radical (unpaired) electrons. The molecule has 0 spiro atoms. The van der Waals surface area contributed by atoms with Gasteiger partial charge in [-0.2, -0.15) is 0 Å². The summed E-state index contributed by atoms with van der Waals surface area (Å²) in [6, 6.07) is 15.9. The van der Waals surface area contributed by atoms with Gasteiger partial charge in [-0.1, -0.05) is 42.5 Å². The van der Waals surface area contributed by atoms with E-state index in [2.05, 4.69) is 5.32 Å². The Morgan fingerprint density at radius 1 is 1.00 bits per heavy atom. The minimum Gasteiger partial charge on any atom is -0.493 e. The SMILES string of the molecule is COc1cccc(CNCCOCCO)c1OCc1ccccc1.Cl. The zero-order chi connectivity index (χ0) is 17.0. The number of hydrogen-bond donors (Lipinski definition) is 2. The molecule has 0 saturated heterocycles. The third kappa shape index (κ3) is 7.32. The third-order valence-electron chi connectivity index (χ3n) is 3.48. The van der Waals surface area contributed by atoms with Crippen LogP contribution in [-0.4, -0.2) is 38.6 Å². The van der Waals surface area contributed by atoms with Crippen LogP contribution in [0.3, 0.4) is 0 Å². The van der Waals surface area contributed by atoms with E-state index in [0.717, 1.165) is 22.6 Å². The highest BCUT2D eigenvalue weighted by Gasteiger charge is 2.10. The molecule has 0 unspecified atom stereocenters. The molecular weight excluding hydrogens is 342 g/mol. The summed E-state index contributed by atoms with van der Waals surface area (Å²) in [5.41, 5.74) is 2.15. The first-order valence-corrected chi connectivity index (χ1v) is 8.07. The van der Waals surface area contributed by atoms with Crippen molar-refractivity contribution in [2.24, 2.45) is 0 Å². The molecule has 0 bridgehead atoms. The smallest absolute Gasteiger partial charge is 0.166 e. The van der Waals surface area contributed by atoms with Crippen LogP contribution in [0.5, 0.6) is 11.5 Å². The maximum atomic E-state index is 8.67. The minimum atomic E-state index is 0. The Hall–Kier alpha value is -1.79. The quantitative estimate of drug-likeness (QED) is 0.598. The van der Waals surface area contributed by atoms with Crippen LogP contribution in [0.15, 0.2) is 48.5 Å². The lowest BCUT2D eigenvalue weighted by molar-refractivity contribution is 0.0937. The largest absolute Gasteiger partial charge is 0.493 e. The predicted octanol–water partition coefficient (Wildman–Crippen LogP) is 2.79. The number of nitrogens with one attached hydrogen (secondary N) is 1. The van der Waals surface area contributed by atoms with Gasteiger partial charge in [0.15, 0.2) is 11.5 Å². The summed E-state index contributed by atoms with van der Waals surface area (Å²) in [6.07, 6.45) is 0. The van der Waals surface area contributed by atoms with Crippen molar-refractivity contribution >= 4 is 12.4 Å². The fourth-order valence-corrected chi connectivity index (χ4v) is 2.29. The first-order chi connectivity index (χ1) is 11.8. The van der Waals surface area contributed by atoms with Gasteiger partial charge in [-0.3, -0.25) is 0 Å². The summed E-state index contributed by atoms with van der Waals surface area (Å²) in [4.78, 5) is 0. The molecule has 0 amide bonds. The molecule has 2 aromatic carbocycles. The molecule has 0 aliphatic rings. The summed E-state index contributed by atoms with van der Waals surface area (Å²) in [7, 11) is 1.64. The van der Waals surface area contributed by atoms with Gasteiger partial charge in [-0.15, -0.1) is 12.4 Å². The summed E-state index contributed by atoms with van der Waals surface area (Å²) < 4.78 is 16.7. The van der Waals surface area contributed by atoms with Crippen LogP contribution in [0.2, 0.25) is 0 Å². The van der Waals surface area contributed by atoms with Crippen molar-refractivity contribution in [3.63, 3.8) is 0 Å². The number of hydrogen-bond acceptors (Lipinski definition) is 5. The van der Waals surface area contributed by atoms with E-state index in [1.807, 2.05) is 48.5 Å². The van der Waals surface area contributed by atoms with Crippen LogP contribution >= 0.6 is 12.4 Å². The molecule has 0 heterocycles. The van der Waals surface area contributed by atoms with Crippen molar-refractivity contribution in [2.75, 3.05) is 33.5 Å². The van der Waals surface area contributed by atoms with E-state index in [9.17, 15) is 0 Å². The van der Waals surface area contributed by atoms with E-state index >= 15 is 0 Å². The fraction of sp³-hybridized carbons (Fsp3) is 0.368. The van der Waals surface area contributed by atoms with Gasteiger partial charge >= 0.3 is 0 Å². The van der Waals surface area contributed by atoms with Gasteiger partial charge in [0.05, 0.1) is 26.9 Å². The molecule has 0 aromatic heterocycles. The standard InChI is InChI=1S/C19H25NO4.ClH/c1-22-18-9-5-8-17(14-20-10-12-23-13-11-21)19(18)24-15-16-6-3-2-4-7-16;/h2-9,20-21H,10-15H2,1H3;1H. The molecule has 0 atom stereocenters. The van der Waals surface area contributed by atoms with Gasteiger partial charge in [0, 0.05) is 18.7 Å². The maximum absolute atomic E-state index is 8.67. The van der Waals surface area contributed by atoms with E-state index in [0.29, 0.717) is 32.9 Å². The average Bonchev–Trinajstić information content (AvgIpc) is 2.64. The van der Waals surface area contributed by atoms with E-state index in [1.54, 1.807) is 7.11 Å². The second-order valence-corrected chi connectivity index (χ2v) is 5.24. The highest BCUT2D eigenvalue weighted by atomic mass is 35.5. The molecule has 5 nitrogen and oxygen atoms in total. The van der Waals surface area contributed by atoms with E-state index in [4.69, 9.17) is 19.3 Å². The van der Waals surface area contributed by atoms with Gasteiger partial charge in [0.25, 0.3) is 0 Å². The van der Waals surface area contributed by atoms with Crippen molar-refractivity contribution in [3.8, 4) is 11.5 Å². The Bertz CT molecular complexity index is 595. The first kappa shape index (κ1) is 21.3. The topological polar surface area (TPSA) is 60.0 Å². The Kier molecular flexibility index (Phi) is 10.7. The van der Waals surface area contributed by atoms with Crippen molar-refractivity contribution < 1.29 is 19.3 Å². The number of rotatable bonds is 11. The molecule has 138 valence electrons. The number of aliphatic hydroxyl groups excluding tert-OH is 1. The van der Waals surface area contributed by atoms with E-state index < -0.39 is 0 Å². The number of para-hydroxylation sites is 1. The summed E-state index contributed by atoms with van der Waals surface area (Å²) in [6.45, 7) is 2.83. The summed E-state index contributed by atoms with van der Waals surface area (Å²) >= 11 is 0. The van der Waals surface area contributed by atoms with Gasteiger partial charge in [0.2, 0.25) is 0 Å². The Balaban J connectivity index is 0.00000312. The van der Waals surface area contributed by atoms with E-state index in [1.165, 1.54) is 0 Å². The second kappa shape index (κ2) is 12.6. The lowest BCUT2D eigenvalue weighted by Gasteiger charge is -2.15. The van der Waals surface area contributed by atoms with Crippen LogP contribution in [-0.2, 0) is 17.9 Å². The second-order valence-electron chi connectivity index (χ2n) is 5.24. The van der Waals surface area contributed by atoms with Crippen molar-refractivity contribution in [2.45, 2.75) is 13.2 Å². The van der Waals surface area contributed by atoms with Crippen molar-refractivity contribution in [1.82, 2.24) is 5.32 Å². The van der Waals surface area contributed by atoms with Gasteiger partial charge in [-0.05, 0) is 11.6 Å². The highest BCUT2D eigenvalue weighted by molar-refractivity contribution is 5.85. The fourth-order valence-electron chi connectivity index (χ4n) is 2.29. The number of halogens is 1.